The van der Waals surface area contributed by atoms with Gasteiger partial charge in [0.25, 0.3) is 0 Å². The Kier molecular flexibility index (Phi) is 4.59. The van der Waals surface area contributed by atoms with Crippen molar-refractivity contribution >= 4 is 34.0 Å². The molecule has 1 aromatic carbocycles. The molecule has 0 amide bonds. The van der Waals surface area contributed by atoms with Gasteiger partial charge in [-0.2, -0.15) is 0 Å². The summed E-state index contributed by atoms with van der Waals surface area (Å²) < 4.78 is 0. The summed E-state index contributed by atoms with van der Waals surface area (Å²) in [7, 11) is 0. The highest BCUT2D eigenvalue weighted by Crippen LogP contribution is 2.27. The quantitative estimate of drug-likeness (QED) is 0.928. The maximum absolute atomic E-state index is 11.1. The first kappa shape index (κ1) is 15.2. The van der Waals surface area contributed by atoms with E-state index in [1.54, 1.807) is 0 Å². The minimum atomic E-state index is -0.726. The van der Waals surface area contributed by atoms with E-state index in [1.165, 1.54) is 11.3 Å². The number of halogens is 1. The number of aliphatic carboxylic acids is 1. The number of carboxylic acids is 1. The molecule has 1 N–H and O–H groups in total. The molecule has 1 aliphatic heterocycles. The molecule has 1 unspecified atom stereocenters. The Bertz CT molecular complexity index is 659. The van der Waals surface area contributed by atoms with E-state index in [0.29, 0.717) is 13.0 Å². The summed E-state index contributed by atoms with van der Waals surface area (Å²) in [4.78, 5) is 13.2. The largest absolute Gasteiger partial charge is 0.481 e. The second-order valence-electron chi connectivity index (χ2n) is 5.41. The van der Waals surface area contributed by atoms with Gasteiger partial charge in [-0.3, -0.25) is 4.79 Å². The highest BCUT2D eigenvalue weighted by Gasteiger charge is 2.27. The van der Waals surface area contributed by atoms with Crippen molar-refractivity contribution in [2.45, 2.75) is 19.3 Å². The number of nitrogens with zero attached hydrogens (tertiary/aromatic N) is 3. The molecule has 116 valence electrons. The van der Waals surface area contributed by atoms with Gasteiger partial charge in [0.1, 0.15) is 5.01 Å². The molecule has 0 spiro atoms. The standard InChI is InChI=1S/C15H16ClN3O2S/c16-12-5-3-10(4-6-12)8-13-17-18-15(22-13)19-7-1-2-11(9-19)14(20)21/h3-6,11H,1-2,7-9H2,(H,20,21). The predicted octanol–water partition coefficient (Wildman–Crippen LogP) is 3.08. The number of hydrogen-bond acceptors (Lipinski definition) is 5. The lowest BCUT2D eigenvalue weighted by Gasteiger charge is -2.29. The lowest BCUT2D eigenvalue weighted by Crippen LogP contribution is -2.38. The van der Waals surface area contributed by atoms with E-state index in [0.717, 1.165) is 40.1 Å². The molecule has 1 atom stereocenters. The Balaban J connectivity index is 1.68. The van der Waals surface area contributed by atoms with E-state index < -0.39 is 5.97 Å². The highest BCUT2D eigenvalue weighted by molar-refractivity contribution is 7.15. The molecule has 0 aliphatic carbocycles. The summed E-state index contributed by atoms with van der Waals surface area (Å²) in [6.07, 6.45) is 2.33. The van der Waals surface area contributed by atoms with Crippen LogP contribution in [0.5, 0.6) is 0 Å². The van der Waals surface area contributed by atoms with E-state index in [-0.39, 0.29) is 5.92 Å². The van der Waals surface area contributed by atoms with Crippen LogP contribution in [0.25, 0.3) is 0 Å². The van der Waals surface area contributed by atoms with Gasteiger partial charge >= 0.3 is 5.97 Å². The van der Waals surface area contributed by atoms with Crippen LogP contribution in [0.2, 0.25) is 5.02 Å². The van der Waals surface area contributed by atoms with Gasteiger partial charge in [0.15, 0.2) is 0 Å². The second-order valence-corrected chi connectivity index (χ2v) is 6.88. The predicted molar refractivity (Wildman–Crippen MR) is 86.7 cm³/mol. The van der Waals surface area contributed by atoms with Crippen molar-refractivity contribution in [1.82, 2.24) is 10.2 Å². The summed E-state index contributed by atoms with van der Waals surface area (Å²) in [6, 6.07) is 7.68. The first-order chi connectivity index (χ1) is 10.6. The number of hydrogen-bond donors (Lipinski definition) is 1. The zero-order valence-corrected chi connectivity index (χ0v) is 13.5. The third-order valence-corrected chi connectivity index (χ3v) is 5.00. The first-order valence-corrected chi connectivity index (χ1v) is 8.36. The van der Waals surface area contributed by atoms with Gasteiger partial charge in [0.2, 0.25) is 5.13 Å². The van der Waals surface area contributed by atoms with Crippen molar-refractivity contribution in [1.29, 1.82) is 0 Å². The molecular weight excluding hydrogens is 322 g/mol. The monoisotopic (exact) mass is 337 g/mol. The molecule has 1 aliphatic rings. The zero-order chi connectivity index (χ0) is 15.5. The fourth-order valence-electron chi connectivity index (χ4n) is 2.57. The molecule has 0 saturated carbocycles. The van der Waals surface area contributed by atoms with Crippen LogP contribution in [-0.4, -0.2) is 34.4 Å². The normalized spacial score (nSPS) is 18.4. The maximum atomic E-state index is 11.1. The number of anilines is 1. The lowest BCUT2D eigenvalue weighted by atomic mass is 9.99. The number of aromatic nitrogens is 2. The molecule has 1 saturated heterocycles. The Morgan fingerprint density at radius 1 is 1.36 bits per heavy atom. The fraction of sp³-hybridized carbons (Fsp3) is 0.400. The van der Waals surface area contributed by atoms with E-state index in [4.69, 9.17) is 16.7 Å². The smallest absolute Gasteiger partial charge is 0.308 e. The van der Waals surface area contributed by atoms with Gasteiger partial charge in [0, 0.05) is 24.5 Å². The van der Waals surface area contributed by atoms with Crippen molar-refractivity contribution in [3.63, 3.8) is 0 Å². The van der Waals surface area contributed by atoms with Gasteiger partial charge in [-0.25, -0.2) is 0 Å². The molecule has 1 aromatic heterocycles. The lowest BCUT2D eigenvalue weighted by molar-refractivity contribution is -0.141. The van der Waals surface area contributed by atoms with E-state index in [9.17, 15) is 4.79 Å². The van der Waals surface area contributed by atoms with Crippen molar-refractivity contribution < 1.29 is 9.90 Å². The Morgan fingerprint density at radius 3 is 2.86 bits per heavy atom. The molecule has 22 heavy (non-hydrogen) atoms. The third-order valence-electron chi connectivity index (χ3n) is 3.77. The number of piperidine rings is 1. The molecule has 7 heteroatoms. The topological polar surface area (TPSA) is 66.3 Å². The summed E-state index contributed by atoms with van der Waals surface area (Å²) in [5.41, 5.74) is 1.13. The van der Waals surface area contributed by atoms with Crippen LogP contribution in [0.3, 0.4) is 0 Å². The van der Waals surface area contributed by atoms with Crippen LogP contribution in [-0.2, 0) is 11.2 Å². The van der Waals surface area contributed by atoms with Crippen LogP contribution in [0, 0.1) is 5.92 Å². The Morgan fingerprint density at radius 2 is 2.14 bits per heavy atom. The molecule has 2 heterocycles. The molecule has 5 nitrogen and oxygen atoms in total. The average molecular weight is 338 g/mol. The fourth-order valence-corrected chi connectivity index (χ4v) is 3.61. The number of benzene rings is 1. The molecular formula is C15H16ClN3O2S. The number of rotatable bonds is 4. The highest BCUT2D eigenvalue weighted by atomic mass is 35.5. The second kappa shape index (κ2) is 6.62. The Labute approximate surface area is 137 Å². The first-order valence-electron chi connectivity index (χ1n) is 7.16. The van der Waals surface area contributed by atoms with Crippen molar-refractivity contribution in [3.05, 3.63) is 39.9 Å². The van der Waals surface area contributed by atoms with Gasteiger partial charge < -0.3 is 10.0 Å². The molecule has 3 rings (SSSR count). The van der Waals surface area contributed by atoms with Crippen molar-refractivity contribution in [2.24, 2.45) is 5.92 Å². The van der Waals surface area contributed by atoms with Gasteiger partial charge in [-0.1, -0.05) is 35.1 Å². The maximum Gasteiger partial charge on any atom is 0.308 e. The molecule has 2 aromatic rings. The summed E-state index contributed by atoms with van der Waals surface area (Å²) >= 11 is 7.41. The van der Waals surface area contributed by atoms with Crippen molar-refractivity contribution in [3.8, 4) is 0 Å². The molecule has 0 bridgehead atoms. The SMILES string of the molecule is O=C(O)C1CCCN(c2nnc(Cc3ccc(Cl)cc3)s2)C1. The minimum absolute atomic E-state index is 0.308. The van der Waals surface area contributed by atoms with Crippen LogP contribution in [0.1, 0.15) is 23.4 Å². The van der Waals surface area contributed by atoms with Gasteiger partial charge in [-0.05, 0) is 30.5 Å². The van der Waals surface area contributed by atoms with Crippen molar-refractivity contribution in [2.75, 3.05) is 18.0 Å². The third kappa shape index (κ3) is 3.56. The van der Waals surface area contributed by atoms with Crippen LogP contribution < -0.4 is 4.90 Å². The summed E-state index contributed by atoms with van der Waals surface area (Å²) in [6.45, 7) is 1.37. The summed E-state index contributed by atoms with van der Waals surface area (Å²) in [5, 5.41) is 20.1. The van der Waals surface area contributed by atoms with Gasteiger partial charge in [0.05, 0.1) is 5.92 Å². The minimum Gasteiger partial charge on any atom is -0.481 e. The Hall–Kier alpha value is -1.66. The van der Waals surface area contributed by atoms with E-state index in [1.807, 2.05) is 29.2 Å². The van der Waals surface area contributed by atoms with Crippen LogP contribution in [0.15, 0.2) is 24.3 Å². The molecule has 1 fully saturated rings. The molecule has 0 radical (unpaired) electrons. The number of carbonyl (C=O) groups is 1. The zero-order valence-electron chi connectivity index (χ0n) is 11.9. The summed E-state index contributed by atoms with van der Waals surface area (Å²) in [5.74, 6) is -1.03. The van der Waals surface area contributed by atoms with Gasteiger partial charge in [-0.15, -0.1) is 10.2 Å². The van der Waals surface area contributed by atoms with Crippen LogP contribution >= 0.6 is 22.9 Å². The van der Waals surface area contributed by atoms with E-state index >= 15 is 0 Å². The van der Waals surface area contributed by atoms with Crippen LogP contribution in [0.4, 0.5) is 5.13 Å². The average Bonchev–Trinajstić information content (AvgIpc) is 2.98. The number of carboxylic acid groups (broad SMARTS) is 1. The van der Waals surface area contributed by atoms with E-state index in [2.05, 4.69) is 10.2 Å².